The number of rotatable bonds is 7. The number of carbonyl (C=O) groups is 1. The van der Waals surface area contributed by atoms with Crippen LogP contribution in [0.25, 0.3) is 17.1 Å². The van der Waals surface area contributed by atoms with Gasteiger partial charge in [0.05, 0.1) is 11.5 Å². The van der Waals surface area contributed by atoms with Gasteiger partial charge in [-0.15, -0.1) is 10.2 Å². The van der Waals surface area contributed by atoms with Crippen LogP contribution in [-0.4, -0.2) is 32.1 Å². The molecule has 0 radical (unpaired) electrons. The Morgan fingerprint density at radius 3 is 2.39 bits per heavy atom. The highest BCUT2D eigenvalue weighted by atomic mass is 35.5. The first-order valence-corrected chi connectivity index (χ1v) is 11.7. The average Bonchev–Trinajstić information content (AvgIpc) is 3.26. The number of aryl methyl sites for hydroxylation is 1. The number of nitrogens with zero attached hydrogens (tertiary/aromatic N) is 4. The van der Waals surface area contributed by atoms with Crippen molar-refractivity contribution in [1.29, 1.82) is 0 Å². The normalized spacial score (nSPS) is 11.4. The van der Waals surface area contributed by atoms with E-state index in [1.165, 1.54) is 17.3 Å². The molecule has 0 spiro atoms. The van der Waals surface area contributed by atoms with Crippen molar-refractivity contribution in [2.45, 2.75) is 19.0 Å². The Morgan fingerprint density at radius 1 is 1.00 bits per heavy atom. The maximum absolute atomic E-state index is 12.5. The van der Waals surface area contributed by atoms with Crippen LogP contribution < -0.4 is 5.43 Å². The van der Waals surface area contributed by atoms with Crippen LogP contribution in [0.2, 0.25) is 5.02 Å². The fourth-order valence-electron chi connectivity index (χ4n) is 3.13. The smallest absolute Gasteiger partial charge is 0.250 e. The molecule has 8 heteroatoms. The van der Waals surface area contributed by atoms with E-state index in [9.17, 15) is 4.79 Å². The number of hydrazone groups is 1. The number of para-hydroxylation sites is 1. The lowest BCUT2D eigenvalue weighted by Gasteiger charge is -2.10. The molecule has 0 saturated heterocycles. The molecule has 0 aliphatic rings. The highest BCUT2D eigenvalue weighted by Gasteiger charge is 2.17. The van der Waals surface area contributed by atoms with E-state index >= 15 is 0 Å². The third kappa shape index (κ3) is 5.69. The molecule has 1 aromatic heterocycles. The molecular weight excluding hydrogens is 454 g/mol. The zero-order valence-corrected chi connectivity index (χ0v) is 19.8. The Morgan fingerprint density at radius 2 is 1.70 bits per heavy atom. The van der Waals surface area contributed by atoms with Gasteiger partial charge >= 0.3 is 0 Å². The van der Waals surface area contributed by atoms with Gasteiger partial charge in [0.1, 0.15) is 0 Å². The van der Waals surface area contributed by atoms with Crippen molar-refractivity contribution in [1.82, 2.24) is 20.2 Å². The average molecular weight is 476 g/mol. The number of carbonyl (C=O) groups excluding carboxylic acids is 1. The van der Waals surface area contributed by atoms with Gasteiger partial charge in [-0.3, -0.25) is 9.36 Å². The Hall–Kier alpha value is -3.42. The van der Waals surface area contributed by atoms with Crippen molar-refractivity contribution in [3.05, 3.63) is 95.0 Å². The van der Waals surface area contributed by atoms with Gasteiger partial charge in [-0.2, -0.15) is 5.10 Å². The van der Waals surface area contributed by atoms with Crippen molar-refractivity contribution in [3.63, 3.8) is 0 Å². The molecule has 0 unspecified atom stereocenters. The number of benzene rings is 3. The molecule has 1 amide bonds. The standard InChI is InChI=1S/C25H22ClN5OS/c1-17-8-10-20(11-9-17)24-29-30-25(31(24)22-6-4-3-5-7-22)33-16-23(32)28-27-18(2)19-12-14-21(26)15-13-19/h3-15H,16H2,1-2H3,(H,28,32)/b27-18+. The van der Waals surface area contributed by atoms with E-state index in [0.717, 1.165) is 22.6 Å². The van der Waals surface area contributed by atoms with Crippen LogP contribution in [-0.2, 0) is 4.79 Å². The van der Waals surface area contributed by atoms with Gasteiger partial charge in [0.25, 0.3) is 5.91 Å². The van der Waals surface area contributed by atoms with Crippen molar-refractivity contribution >= 4 is 35.0 Å². The Kier molecular flexibility index (Phi) is 7.22. The van der Waals surface area contributed by atoms with Gasteiger partial charge in [0, 0.05) is 16.3 Å². The quantitative estimate of drug-likeness (QED) is 0.217. The predicted molar refractivity (Wildman–Crippen MR) is 134 cm³/mol. The van der Waals surface area contributed by atoms with E-state index in [-0.39, 0.29) is 11.7 Å². The lowest BCUT2D eigenvalue weighted by Crippen LogP contribution is -2.21. The van der Waals surface area contributed by atoms with Gasteiger partial charge in [-0.25, -0.2) is 5.43 Å². The summed E-state index contributed by atoms with van der Waals surface area (Å²) in [6.07, 6.45) is 0. The number of halogens is 1. The Balaban J connectivity index is 1.51. The summed E-state index contributed by atoms with van der Waals surface area (Å²) in [4.78, 5) is 12.5. The predicted octanol–water partition coefficient (Wildman–Crippen LogP) is 5.53. The van der Waals surface area contributed by atoms with Crippen LogP contribution >= 0.6 is 23.4 Å². The number of aromatic nitrogens is 3. The number of thioether (sulfide) groups is 1. The van der Waals surface area contributed by atoms with Gasteiger partial charge in [0.2, 0.25) is 0 Å². The molecule has 0 aliphatic carbocycles. The molecule has 0 saturated carbocycles. The maximum Gasteiger partial charge on any atom is 0.250 e. The van der Waals surface area contributed by atoms with Crippen LogP contribution in [0.1, 0.15) is 18.1 Å². The van der Waals surface area contributed by atoms with Crippen LogP contribution in [0.4, 0.5) is 0 Å². The number of nitrogens with one attached hydrogen (secondary N) is 1. The first-order chi connectivity index (χ1) is 16.0. The number of amides is 1. The van der Waals surface area contributed by atoms with Crippen molar-refractivity contribution < 1.29 is 4.79 Å². The van der Waals surface area contributed by atoms with Gasteiger partial charge in [-0.1, -0.05) is 83.5 Å². The van der Waals surface area contributed by atoms with Gasteiger partial charge < -0.3 is 0 Å². The molecule has 3 aromatic carbocycles. The van der Waals surface area contributed by atoms with E-state index in [1.807, 2.05) is 85.1 Å². The molecule has 0 fully saturated rings. The first kappa shape index (κ1) is 22.8. The Labute approximate surface area is 201 Å². The number of hydrogen-bond acceptors (Lipinski definition) is 5. The van der Waals surface area contributed by atoms with E-state index in [0.29, 0.717) is 15.9 Å². The van der Waals surface area contributed by atoms with E-state index in [1.54, 1.807) is 12.1 Å². The summed E-state index contributed by atoms with van der Waals surface area (Å²) in [7, 11) is 0. The molecule has 4 rings (SSSR count). The summed E-state index contributed by atoms with van der Waals surface area (Å²) in [6.45, 7) is 3.87. The molecular formula is C25H22ClN5OS. The van der Waals surface area contributed by atoms with E-state index < -0.39 is 0 Å². The molecule has 1 heterocycles. The SMILES string of the molecule is C/C(=N\NC(=O)CSc1nnc(-c2ccc(C)cc2)n1-c1ccccc1)c1ccc(Cl)cc1. The molecule has 6 nitrogen and oxygen atoms in total. The lowest BCUT2D eigenvalue weighted by atomic mass is 10.1. The maximum atomic E-state index is 12.5. The van der Waals surface area contributed by atoms with Crippen molar-refractivity contribution in [3.8, 4) is 17.1 Å². The minimum atomic E-state index is -0.229. The lowest BCUT2D eigenvalue weighted by molar-refractivity contribution is -0.118. The van der Waals surface area contributed by atoms with Crippen molar-refractivity contribution in [2.24, 2.45) is 5.10 Å². The summed E-state index contributed by atoms with van der Waals surface area (Å²) < 4.78 is 1.96. The molecule has 0 atom stereocenters. The summed E-state index contributed by atoms with van der Waals surface area (Å²) in [5.74, 6) is 0.643. The minimum Gasteiger partial charge on any atom is -0.272 e. The Bertz CT molecular complexity index is 1270. The highest BCUT2D eigenvalue weighted by Crippen LogP contribution is 2.28. The molecule has 0 aliphatic heterocycles. The van der Waals surface area contributed by atoms with E-state index in [4.69, 9.17) is 11.6 Å². The fraction of sp³-hybridized carbons (Fsp3) is 0.120. The molecule has 1 N–H and O–H groups in total. The van der Waals surface area contributed by atoms with Gasteiger partial charge in [-0.05, 0) is 43.7 Å². The summed E-state index contributed by atoms with van der Waals surface area (Å²) >= 11 is 7.23. The summed E-state index contributed by atoms with van der Waals surface area (Å²) in [6, 6.07) is 25.3. The van der Waals surface area contributed by atoms with Crippen LogP contribution in [0.5, 0.6) is 0 Å². The zero-order valence-electron chi connectivity index (χ0n) is 18.2. The van der Waals surface area contributed by atoms with Crippen molar-refractivity contribution in [2.75, 3.05) is 5.75 Å². The third-order valence-electron chi connectivity index (χ3n) is 4.90. The molecule has 0 bridgehead atoms. The second-order valence-corrected chi connectivity index (χ2v) is 8.75. The topological polar surface area (TPSA) is 72.2 Å². The minimum absolute atomic E-state index is 0.149. The largest absolute Gasteiger partial charge is 0.272 e. The zero-order chi connectivity index (χ0) is 23.2. The van der Waals surface area contributed by atoms with Gasteiger partial charge in [0.15, 0.2) is 11.0 Å². The monoisotopic (exact) mass is 475 g/mol. The second-order valence-electron chi connectivity index (χ2n) is 7.37. The summed E-state index contributed by atoms with van der Waals surface area (Å²) in [5, 5.41) is 14.3. The highest BCUT2D eigenvalue weighted by molar-refractivity contribution is 7.99. The molecule has 166 valence electrons. The second kappa shape index (κ2) is 10.5. The third-order valence-corrected chi connectivity index (χ3v) is 6.08. The summed E-state index contributed by atoms with van der Waals surface area (Å²) in [5.41, 5.74) is 7.24. The van der Waals surface area contributed by atoms with Crippen LogP contribution in [0.15, 0.2) is 89.1 Å². The number of hydrogen-bond donors (Lipinski definition) is 1. The first-order valence-electron chi connectivity index (χ1n) is 10.3. The molecule has 33 heavy (non-hydrogen) atoms. The van der Waals surface area contributed by atoms with Crippen LogP contribution in [0.3, 0.4) is 0 Å². The van der Waals surface area contributed by atoms with Crippen LogP contribution in [0, 0.1) is 6.92 Å². The van der Waals surface area contributed by atoms with E-state index in [2.05, 4.69) is 20.7 Å². The fourth-order valence-corrected chi connectivity index (χ4v) is 4.00. The molecule has 4 aromatic rings.